The van der Waals surface area contributed by atoms with Crippen molar-refractivity contribution in [3.05, 3.63) is 58.6 Å². The molecule has 0 aromatic heterocycles. The molecule has 29 heavy (non-hydrogen) atoms. The second-order valence-electron chi connectivity index (χ2n) is 8.41. The molecule has 4 amide bonds. The Balaban J connectivity index is 1.89. The molecule has 0 aliphatic carbocycles. The third-order valence-corrected chi connectivity index (χ3v) is 5.02. The number of fused-ring (bicyclic) bond motifs is 1. The summed E-state index contributed by atoms with van der Waals surface area (Å²) in [4.78, 5) is 28.6. The Labute approximate surface area is 176 Å². The van der Waals surface area contributed by atoms with Crippen LogP contribution in [0.3, 0.4) is 0 Å². The Morgan fingerprint density at radius 1 is 1.14 bits per heavy atom. The van der Waals surface area contributed by atoms with E-state index in [4.69, 9.17) is 11.6 Å². The second-order valence-corrected chi connectivity index (χ2v) is 8.85. The molecule has 0 fully saturated rings. The van der Waals surface area contributed by atoms with Crippen molar-refractivity contribution in [2.75, 3.05) is 17.3 Å². The summed E-state index contributed by atoms with van der Waals surface area (Å²) < 4.78 is 0. The summed E-state index contributed by atoms with van der Waals surface area (Å²) in [6.45, 7) is 8.25. The maximum atomic E-state index is 12.9. The van der Waals surface area contributed by atoms with Gasteiger partial charge in [0, 0.05) is 29.8 Å². The van der Waals surface area contributed by atoms with Crippen LogP contribution in [-0.4, -0.2) is 29.5 Å². The monoisotopic (exact) mass is 414 g/mol. The van der Waals surface area contributed by atoms with Gasteiger partial charge in [-0.05, 0) is 69.2 Å². The summed E-state index contributed by atoms with van der Waals surface area (Å²) in [5.41, 5.74) is 3.18. The molecule has 2 N–H and O–H groups in total. The minimum absolute atomic E-state index is 0.0638. The van der Waals surface area contributed by atoms with E-state index in [1.54, 1.807) is 16.8 Å². The van der Waals surface area contributed by atoms with Gasteiger partial charge in [0.25, 0.3) is 0 Å². The molecule has 0 bridgehead atoms. The summed E-state index contributed by atoms with van der Waals surface area (Å²) in [7, 11) is 1.78. The van der Waals surface area contributed by atoms with Gasteiger partial charge in [-0.1, -0.05) is 23.7 Å². The van der Waals surface area contributed by atoms with Gasteiger partial charge in [0.2, 0.25) is 0 Å². The second kappa shape index (κ2) is 7.95. The van der Waals surface area contributed by atoms with E-state index >= 15 is 0 Å². The number of carbonyl (C=O) groups excluding carboxylic acids is 2. The third kappa shape index (κ3) is 4.82. The van der Waals surface area contributed by atoms with Crippen molar-refractivity contribution in [1.29, 1.82) is 0 Å². The van der Waals surface area contributed by atoms with Crippen molar-refractivity contribution in [2.24, 2.45) is 0 Å². The summed E-state index contributed by atoms with van der Waals surface area (Å²) in [6, 6.07) is 12.7. The first-order valence-electron chi connectivity index (χ1n) is 9.57. The minimum atomic E-state index is -0.324. The molecule has 1 aliphatic heterocycles. The van der Waals surface area contributed by atoms with E-state index < -0.39 is 0 Å². The Hall–Kier alpha value is -2.73. The number of halogens is 1. The van der Waals surface area contributed by atoms with E-state index in [2.05, 4.69) is 10.6 Å². The van der Waals surface area contributed by atoms with Crippen LogP contribution in [0.4, 0.5) is 21.0 Å². The molecule has 2 aromatic rings. The zero-order valence-corrected chi connectivity index (χ0v) is 18.2. The summed E-state index contributed by atoms with van der Waals surface area (Å²) in [5, 5.41) is 6.41. The van der Waals surface area contributed by atoms with Crippen LogP contribution in [0.1, 0.15) is 44.9 Å². The molecule has 154 valence electrons. The number of nitrogens with zero attached hydrogens (tertiary/aromatic N) is 2. The normalized spacial score (nSPS) is 15.0. The summed E-state index contributed by atoms with van der Waals surface area (Å²) >= 11 is 6.01. The number of hydrogen-bond donors (Lipinski definition) is 2. The molecule has 3 rings (SSSR count). The highest BCUT2D eigenvalue weighted by Gasteiger charge is 2.32. The van der Waals surface area contributed by atoms with Gasteiger partial charge >= 0.3 is 12.1 Å². The first kappa shape index (κ1) is 21.0. The van der Waals surface area contributed by atoms with Crippen LogP contribution in [0.25, 0.3) is 0 Å². The Morgan fingerprint density at radius 2 is 1.79 bits per heavy atom. The number of hydrogen-bond acceptors (Lipinski definition) is 2. The molecule has 0 saturated carbocycles. The van der Waals surface area contributed by atoms with Crippen LogP contribution < -0.4 is 15.5 Å². The van der Waals surface area contributed by atoms with Crippen LogP contribution in [0.15, 0.2) is 42.5 Å². The lowest BCUT2D eigenvalue weighted by atomic mass is 10.0. The van der Waals surface area contributed by atoms with Crippen LogP contribution in [-0.2, 0) is 6.54 Å². The van der Waals surface area contributed by atoms with Crippen molar-refractivity contribution in [1.82, 2.24) is 10.2 Å². The Bertz CT molecular complexity index is 921. The Morgan fingerprint density at radius 3 is 2.41 bits per heavy atom. The average Bonchev–Trinajstić information content (AvgIpc) is 2.61. The molecule has 6 nitrogen and oxygen atoms in total. The lowest BCUT2D eigenvalue weighted by molar-refractivity contribution is 0.208. The quantitative estimate of drug-likeness (QED) is 0.706. The third-order valence-electron chi connectivity index (χ3n) is 4.77. The number of carbonyl (C=O) groups is 2. The lowest BCUT2D eigenvalue weighted by Gasteiger charge is -2.39. The fraction of sp³-hybridized carbons (Fsp3) is 0.364. The van der Waals surface area contributed by atoms with Gasteiger partial charge < -0.3 is 15.5 Å². The topological polar surface area (TPSA) is 64.7 Å². The van der Waals surface area contributed by atoms with Gasteiger partial charge in [0.1, 0.15) is 0 Å². The van der Waals surface area contributed by atoms with Gasteiger partial charge in [-0.2, -0.15) is 0 Å². The van der Waals surface area contributed by atoms with Gasteiger partial charge in [0.05, 0.1) is 11.7 Å². The molecule has 1 atom stereocenters. The van der Waals surface area contributed by atoms with E-state index in [1.807, 2.05) is 70.2 Å². The number of benzene rings is 2. The average molecular weight is 415 g/mol. The lowest BCUT2D eigenvalue weighted by Crippen LogP contribution is -2.46. The smallest absolute Gasteiger partial charge is 0.325 e. The van der Waals surface area contributed by atoms with E-state index in [0.717, 1.165) is 16.8 Å². The maximum absolute atomic E-state index is 12.9. The largest absolute Gasteiger partial charge is 0.333 e. The minimum Gasteiger partial charge on any atom is -0.333 e. The molecule has 2 aromatic carbocycles. The number of rotatable bonds is 3. The van der Waals surface area contributed by atoms with Crippen molar-refractivity contribution >= 4 is 35.0 Å². The first-order chi connectivity index (χ1) is 13.5. The number of nitrogens with one attached hydrogen (secondary N) is 2. The highest BCUT2D eigenvalue weighted by Crippen LogP contribution is 2.36. The van der Waals surface area contributed by atoms with E-state index in [1.165, 1.54) is 0 Å². The van der Waals surface area contributed by atoms with Gasteiger partial charge in [-0.25, -0.2) is 9.59 Å². The predicted octanol–water partition coefficient (Wildman–Crippen LogP) is 5.39. The molecule has 0 saturated heterocycles. The van der Waals surface area contributed by atoms with Crippen LogP contribution >= 0.6 is 11.6 Å². The summed E-state index contributed by atoms with van der Waals surface area (Å²) in [5.74, 6) is 0. The molecule has 0 spiro atoms. The maximum Gasteiger partial charge on any atom is 0.325 e. The van der Waals surface area contributed by atoms with Crippen molar-refractivity contribution in [2.45, 2.75) is 45.8 Å². The SMILES string of the molecule is C[C@@H](c1ccc(Cl)cc1)N1C(=O)N(C)Cc2cc(NC(=O)NC(C)(C)C)ccc21. The highest BCUT2D eigenvalue weighted by molar-refractivity contribution is 6.30. The number of urea groups is 2. The zero-order valence-electron chi connectivity index (χ0n) is 17.4. The van der Waals surface area contributed by atoms with E-state index in [0.29, 0.717) is 17.3 Å². The summed E-state index contributed by atoms with van der Waals surface area (Å²) in [6.07, 6.45) is 0. The molecular weight excluding hydrogens is 388 g/mol. The van der Waals surface area contributed by atoms with Crippen molar-refractivity contribution in [3.8, 4) is 0 Å². The van der Waals surface area contributed by atoms with Gasteiger partial charge in [-0.3, -0.25) is 4.90 Å². The molecule has 0 radical (unpaired) electrons. The van der Waals surface area contributed by atoms with Crippen LogP contribution in [0, 0.1) is 0 Å². The van der Waals surface area contributed by atoms with Crippen molar-refractivity contribution in [3.63, 3.8) is 0 Å². The van der Waals surface area contributed by atoms with Crippen LogP contribution in [0.2, 0.25) is 5.02 Å². The molecule has 7 heteroatoms. The zero-order chi connectivity index (χ0) is 21.3. The predicted molar refractivity (Wildman–Crippen MR) is 118 cm³/mol. The van der Waals surface area contributed by atoms with Gasteiger partial charge in [-0.15, -0.1) is 0 Å². The number of anilines is 2. The standard InChI is InChI=1S/C22H27ClN4O2/c1-14(15-6-8-17(23)9-7-15)27-19-11-10-18(24-20(28)25-22(2,3)4)12-16(19)13-26(5)21(27)29/h6-12,14H,13H2,1-5H3,(H2,24,25,28)/t14-/m0/s1. The highest BCUT2D eigenvalue weighted by atomic mass is 35.5. The fourth-order valence-corrected chi connectivity index (χ4v) is 3.53. The van der Waals surface area contributed by atoms with E-state index in [9.17, 15) is 9.59 Å². The van der Waals surface area contributed by atoms with Crippen LogP contribution in [0.5, 0.6) is 0 Å². The Kier molecular flexibility index (Phi) is 5.75. The fourth-order valence-electron chi connectivity index (χ4n) is 3.40. The van der Waals surface area contributed by atoms with Crippen molar-refractivity contribution < 1.29 is 9.59 Å². The van der Waals surface area contributed by atoms with E-state index in [-0.39, 0.29) is 23.6 Å². The molecule has 1 aliphatic rings. The first-order valence-corrected chi connectivity index (χ1v) is 9.95. The molecular formula is C22H27ClN4O2. The molecule has 1 heterocycles. The molecule has 0 unspecified atom stereocenters. The number of amides is 4. The van der Waals surface area contributed by atoms with Gasteiger partial charge in [0.15, 0.2) is 0 Å².